The van der Waals surface area contributed by atoms with Gasteiger partial charge in [0.25, 0.3) is 0 Å². The summed E-state index contributed by atoms with van der Waals surface area (Å²) in [7, 11) is 0. The molecule has 1 atom stereocenters. The monoisotopic (exact) mass is 374 g/mol. The van der Waals surface area contributed by atoms with Gasteiger partial charge in [-0.05, 0) is 0 Å². The molecule has 2 radical (unpaired) electrons. The Hall–Kier alpha value is 0.299. The second-order valence-electron chi connectivity index (χ2n) is 3.28. The van der Waals surface area contributed by atoms with Gasteiger partial charge in [0, 0.05) is 0 Å². The molecular weight excluding hydrogens is 361 g/mol. The van der Waals surface area contributed by atoms with E-state index in [0.717, 1.165) is 0 Å². The Balaban J connectivity index is 3.93. The first kappa shape index (κ1) is 17.3. The standard InChI is InChI=1S/C6H10F3O.C2H2F3O.Sn/c1-2-3-4-5(10)6(7,8)9;3-2(4,5)1-6;/h5H,2-4H2,1H3;1H2;/q2*-1;+2. The zero-order chi connectivity index (χ0) is 13.5. The van der Waals surface area contributed by atoms with Crippen LogP contribution in [0.2, 0.25) is 0 Å². The fourth-order valence-corrected chi connectivity index (χ4v) is 2.76. The van der Waals surface area contributed by atoms with Crippen molar-refractivity contribution >= 4 is 22.0 Å². The average Bonchev–Trinajstić information content (AvgIpc) is 2.13. The summed E-state index contributed by atoms with van der Waals surface area (Å²) in [6.07, 6.45) is -10.4. The molecule has 0 aromatic rings. The van der Waals surface area contributed by atoms with Crippen LogP contribution in [-0.2, 0) is 6.15 Å². The fourth-order valence-electron chi connectivity index (χ4n) is 0.882. The van der Waals surface area contributed by atoms with Gasteiger partial charge >= 0.3 is 106 Å². The van der Waals surface area contributed by atoms with Gasteiger partial charge in [-0.2, -0.15) is 0 Å². The number of halogens is 6. The van der Waals surface area contributed by atoms with Gasteiger partial charge in [0.15, 0.2) is 0 Å². The summed E-state index contributed by atoms with van der Waals surface area (Å²) in [6.45, 7) is 0.172. The molecule has 0 aromatic heterocycles. The number of unbranched alkanes of at least 4 members (excludes halogenated alkanes) is 1. The third kappa shape index (κ3) is 9.95. The Morgan fingerprint density at radius 1 is 1.12 bits per heavy atom. The average molecular weight is 373 g/mol. The minimum atomic E-state index is -4.54. The zero-order valence-electron chi connectivity index (χ0n) is 8.99. The number of rotatable bonds is 7. The number of hydrogen-bond acceptors (Lipinski definition) is 2. The molecule has 0 spiro atoms. The van der Waals surface area contributed by atoms with E-state index in [-0.39, 0.29) is 6.42 Å². The van der Waals surface area contributed by atoms with Crippen molar-refractivity contribution in [3.05, 3.63) is 0 Å². The van der Waals surface area contributed by atoms with Gasteiger partial charge in [0.2, 0.25) is 0 Å². The van der Waals surface area contributed by atoms with Crippen LogP contribution in [0.4, 0.5) is 26.3 Å². The summed E-state index contributed by atoms with van der Waals surface area (Å²) in [5.41, 5.74) is 0. The Kier molecular flexibility index (Phi) is 7.81. The topological polar surface area (TPSA) is 18.5 Å². The van der Waals surface area contributed by atoms with Crippen molar-refractivity contribution in [1.29, 1.82) is 0 Å². The summed E-state index contributed by atoms with van der Waals surface area (Å²) in [4.78, 5) is 0. The maximum absolute atomic E-state index is 12.3. The van der Waals surface area contributed by atoms with Crippen molar-refractivity contribution in [3.63, 3.8) is 0 Å². The first-order valence-corrected chi connectivity index (χ1v) is 7.15. The van der Waals surface area contributed by atoms with E-state index in [1.807, 2.05) is 0 Å². The predicted molar refractivity (Wildman–Crippen MR) is 48.2 cm³/mol. The molecule has 0 aliphatic rings. The van der Waals surface area contributed by atoms with Gasteiger partial charge in [0.05, 0.1) is 0 Å². The summed E-state index contributed by atoms with van der Waals surface area (Å²) < 4.78 is 80.5. The summed E-state index contributed by atoms with van der Waals surface area (Å²) in [5, 5.41) is 0. The Morgan fingerprint density at radius 2 is 1.71 bits per heavy atom. The molecule has 9 heteroatoms. The van der Waals surface area contributed by atoms with Crippen LogP contribution in [0, 0.1) is 0 Å². The van der Waals surface area contributed by atoms with Crippen LogP contribution in [0.1, 0.15) is 26.2 Å². The van der Waals surface area contributed by atoms with Crippen molar-refractivity contribution in [2.75, 3.05) is 6.61 Å². The van der Waals surface area contributed by atoms with E-state index < -0.39 is 47.0 Å². The maximum atomic E-state index is 12.3. The Labute approximate surface area is 106 Å². The molecule has 1 unspecified atom stereocenters. The molecule has 0 saturated carbocycles. The van der Waals surface area contributed by atoms with E-state index in [0.29, 0.717) is 12.8 Å². The third-order valence-electron chi connectivity index (χ3n) is 1.67. The van der Waals surface area contributed by atoms with Crippen molar-refractivity contribution in [1.82, 2.24) is 0 Å². The first-order valence-electron chi connectivity index (χ1n) is 4.82. The van der Waals surface area contributed by atoms with Crippen LogP contribution in [0.25, 0.3) is 0 Å². The molecule has 0 amide bonds. The van der Waals surface area contributed by atoms with Crippen molar-refractivity contribution in [3.8, 4) is 0 Å². The quantitative estimate of drug-likeness (QED) is 0.388. The molecule has 0 heterocycles. The Morgan fingerprint density at radius 3 is 2.12 bits per heavy atom. The van der Waals surface area contributed by atoms with Crippen LogP contribution in [0.15, 0.2) is 0 Å². The molecule has 0 saturated heterocycles. The summed E-state index contributed by atoms with van der Waals surface area (Å²) in [5.74, 6) is 0. The normalized spacial score (nSPS) is 15.0. The van der Waals surface area contributed by atoms with E-state index in [9.17, 15) is 26.3 Å². The summed E-state index contributed by atoms with van der Waals surface area (Å²) in [6, 6.07) is 0. The molecule has 2 nitrogen and oxygen atoms in total. The summed E-state index contributed by atoms with van der Waals surface area (Å²) >= 11 is -2.54. The SMILES string of the molecule is CCCCC([O][Sn][O]CC(F)(F)F)C(F)(F)F. The predicted octanol–water partition coefficient (Wildman–Crippen LogP) is 3.24. The zero-order valence-corrected chi connectivity index (χ0v) is 11.8. The van der Waals surface area contributed by atoms with E-state index >= 15 is 0 Å². The van der Waals surface area contributed by atoms with Gasteiger partial charge in [-0.15, -0.1) is 0 Å². The van der Waals surface area contributed by atoms with Crippen LogP contribution in [0.5, 0.6) is 0 Å². The van der Waals surface area contributed by atoms with E-state index in [2.05, 4.69) is 6.15 Å². The van der Waals surface area contributed by atoms with E-state index in [1.54, 1.807) is 6.92 Å². The van der Waals surface area contributed by atoms with Crippen LogP contribution in [-0.4, -0.2) is 47.0 Å². The van der Waals surface area contributed by atoms with Gasteiger partial charge in [-0.3, -0.25) is 0 Å². The molecular formula is C8H12F6O2Sn. The molecule has 0 rings (SSSR count). The molecule has 0 bridgehead atoms. The molecule has 0 fully saturated rings. The number of alkyl halides is 6. The van der Waals surface area contributed by atoms with Crippen LogP contribution < -0.4 is 0 Å². The van der Waals surface area contributed by atoms with Crippen molar-refractivity contribution < 1.29 is 32.5 Å². The molecule has 0 N–H and O–H groups in total. The second-order valence-corrected chi connectivity index (χ2v) is 5.25. The van der Waals surface area contributed by atoms with Crippen LogP contribution >= 0.6 is 0 Å². The van der Waals surface area contributed by atoms with E-state index in [4.69, 9.17) is 0 Å². The van der Waals surface area contributed by atoms with Gasteiger partial charge < -0.3 is 0 Å². The Bertz CT molecular complexity index is 205. The molecule has 17 heavy (non-hydrogen) atoms. The van der Waals surface area contributed by atoms with Crippen LogP contribution in [0.3, 0.4) is 0 Å². The molecule has 102 valence electrons. The van der Waals surface area contributed by atoms with Crippen molar-refractivity contribution in [2.24, 2.45) is 0 Å². The molecule has 0 aliphatic carbocycles. The number of hydrogen-bond donors (Lipinski definition) is 0. The minimum absolute atomic E-state index is 0.240. The molecule has 0 aliphatic heterocycles. The van der Waals surface area contributed by atoms with Gasteiger partial charge in [-0.25, -0.2) is 0 Å². The first-order chi connectivity index (χ1) is 7.67. The molecule has 0 aromatic carbocycles. The third-order valence-corrected chi connectivity index (χ3v) is 3.51. The fraction of sp³-hybridized carbons (Fsp3) is 1.00. The van der Waals surface area contributed by atoms with Gasteiger partial charge in [-0.1, -0.05) is 0 Å². The van der Waals surface area contributed by atoms with Gasteiger partial charge in [0.1, 0.15) is 0 Å². The van der Waals surface area contributed by atoms with E-state index in [1.165, 1.54) is 0 Å². The van der Waals surface area contributed by atoms with Crippen molar-refractivity contribution in [2.45, 2.75) is 44.6 Å². The second kappa shape index (κ2) is 7.67.